The van der Waals surface area contributed by atoms with E-state index in [9.17, 15) is 18.0 Å². The highest BCUT2D eigenvalue weighted by atomic mass is 19.4. The van der Waals surface area contributed by atoms with Gasteiger partial charge in [0.1, 0.15) is 0 Å². The summed E-state index contributed by atoms with van der Waals surface area (Å²) in [6.07, 6.45) is 0.141. The van der Waals surface area contributed by atoms with Gasteiger partial charge < -0.3 is 5.32 Å². The summed E-state index contributed by atoms with van der Waals surface area (Å²) in [5.41, 5.74) is -0.413. The summed E-state index contributed by atoms with van der Waals surface area (Å²) in [7, 11) is 0. The molecule has 2 fully saturated rings. The van der Waals surface area contributed by atoms with Crippen molar-refractivity contribution in [3.63, 3.8) is 0 Å². The summed E-state index contributed by atoms with van der Waals surface area (Å²) in [6, 6.07) is 4.90. The number of hydrogen-bond acceptors (Lipinski definition) is 1. The number of fused-ring (bicyclic) bond motifs is 2. The van der Waals surface area contributed by atoms with Gasteiger partial charge in [-0.15, -0.1) is 0 Å². The topological polar surface area (TPSA) is 29.1 Å². The molecule has 0 saturated heterocycles. The van der Waals surface area contributed by atoms with Crippen LogP contribution in [0, 0.1) is 29.6 Å². The van der Waals surface area contributed by atoms with E-state index in [0.717, 1.165) is 31.4 Å². The van der Waals surface area contributed by atoms with Crippen molar-refractivity contribution in [3.05, 3.63) is 35.4 Å². The van der Waals surface area contributed by atoms with Gasteiger partial charge in [-0.1, -0.05) is 24.3 Å². The Labute approximate surface area is 133 Å². The highest BCUT2D eigenvalue weighted by Gasteiger charge is 2.42. The minimum absolute atomic E-state index is 0.0375. The molecule has 0 aliphatic heterocycles. The van der Waals surface area contributed by atoms with Crippen LogP contribution in [-0.2, 0) is 11.0 Å². The van der Waals surface area contributed by atoms with Crippen LogP contribution in [0.15, 0.2) is 24.3 Å². The molecule has 2 aliphatic rings. The van der Waals surface area contributed by atoms with Crippen LogP contribution >= 0.6 is 0 Å². The van der Waals surface area contributed by atoms with E-state index in [2.05, 4.69) is 17.2 Å². The Kier molecular flexibility index (Phi) is 4.34. The first-order valence-electron chi connectivity index (χ1n) is 7.87. The Morgan fingerprint density at radius 1 is 1.26 bits per heavy atom. The minimum Gasteiger partial charge on any atom is -0.345 e. The van der Waals surface area contributed by atoms with Crippen LogP contribution in [0.4, 0.5) is 13.2 Å². The van der Waals surface area contributed by atoms with Crippen molar-refractivity contribution in [2.45, 2.75) is 31.9 Å². The monoisotopic (exact) mass is 321 g/mol. The standard InChI is InChI=1S/C18H18F3NO/c19-18(20,21)15-5-1-3-12(10-15)4-2-8-22-17(23)16-11-13-6-7-14(16)9-13/h1,3,5,10,13-14,16H,6-9,11H2,(H,22,23)/t13-,14-,16-/m0/s1. The molecule has 1 aromatic rings. The first kappa shape index (κ1) is 15.9. The average Bonchev–Trinajstić information content (AvgIpc) is 3.14. The molecule has 2 bridgehead atoms. The third-order valence-electron chi connectivity index (χ3n) is 4.85. The maximum Gasteiger partial charge on any atom is 0.416 e. The second-order valence-corrected chi connectivity index (χ2v) is 6.38. The molecule has 1 amide bonds. The van der Waals surface area contributed by atoms with Crippen LogP contribution < -0.4 is 5.32 Å². The summed E-state index contributed by atoms with van der Waals surface area (Å²) in [4.78, 5) is 12.1. The number of halogens is 3. The van der Waals surface area contributed by atoms with Crippen LogP contribution in [0.2, 0.25) is 0 Å². The third-order valence-corrected chi connectivity index (χ3v) is 4.85. The van der Waals surface area contributed by atoms with E-state index in [4.69, 9.17) is 0 Å². The van der Waals surface area contributed by atoms with Crippen molar-refractivity contribution in [3.8, 4) is 11.8 Å². The quantitative estimate of drug-likeness (QED) is 0.829. The zero-order chi connectivity index (χ0) is 16.4. The molecule has 2 saturated carbocycles. The fourth-order valence-electron chi connectivity index (χ4n) is 3.75. The first-order chi connectivity index (χ1) is 10.9. The van der Waals surface area contributed by atoms with E-state index in [-0.39, 0.29) is 18.4 Å². The second-order valence-electron chi connectivity index (χ2n) is 6.38. The smallest absolute Gasteiger partial charge is 0.345 e. The maximum atomic E-state index is 12.6. The minimum atomic E-state index is -4.37. The van der Waals surface area contributed by atoms with Gasteiger partial charge in [0.25, 0.3) is 0 Å². The Morgan fingerprint density at radius 2 is 2.09 bits per heavy atom. The maximum absolute atomic E-state index is 12.6. The molecule has 23 heavy (non-hydrogen) atoms. The zero-order valence-corrected chi connectivity index (χ0v) is 12.6. The lowest BCUT2D eigenvalue weighted by Crippen LogP contribution is -2.33. The molecule has 1 aromatic carbocycles. The van der Waals surface area contributed by atoms with E-state index in [1.807, 2.05) is 0 Å². The molecule has 3 atom stereocenters. The fraction of sp³-hybridized carbons (Fsp3) is 0.500. The Hall–Kier alpha value is -1.96. The van der Waals surface area contributed by atoms with E-state index in [1.165, 1.54) is 18.6 Å². The van der Waals surface area contributed by atoms with Crippen molar-refractivity contribution in [1.29, 1.82) is 0 Å². The van der Waals surface area contributed by atoms with E-state index < -0.39 is 11.7 Å². The van der Waals surface area contributed by atoms with Crippen molar-refractivity contribution in [1.82, 2.24) is 5.32 Å². The number of benzene rings is 1. The van der Waals surface area contributed by atoms with Gasteiger partial charge in [-0.05, 0) is 49.3 Å². The molecule has 0 spiro atoms. The van der Waals surface area contributed by atoms with Crippen molar-refractivity contribution < 1.29 is 18.0 Å². The van der Waals surface area contributed by atoms with E-state index in [0.29, 0.717) is 17.4 Å². The van der Waals surface area contributed by atoms with Crippen molar-refractivity contribution >= 4 is 5.91 Å². The van der Waals surface area contributed by atoms with Crippen LogP contribution in [0.25, 0.3) is 0 Å². The lowest BCUT2D eigenvalue weighted by Gasteiger charge is -2.19. The van der Waals surface area contributed by atoms with Gasteiger partial charge in [0.2, 0.25) is 5.91 Å². The summed E-state index contributed by atoms with van der Waals surface area (Å²) >= 11 is 0. The van der Waals surface area contributed by atoms with Gasteiger partial charge in [0.05, 0.1) is 12.1 Å². The van der Waals surface area contributed by atoms with Crippen LogP contribution in [0.5, 0.6) is 0 Å². The molecule has 2 aliphatic carbocycles. The number of amides is 1. The van der Waals surface area contributed by atoms with Gasteiger partial charge in [0, 0.05) is 11.5 Å². The van der Waals surface area contributed by atoms with Gasteiger partial charge in [-0.3, -0.25) is 4.79 Å². The Morgan fingerprint density at radius 3 is 2.74 bits per heavy atom. The molecule has 0 aromatic heterocycles. The van der Waals surface area contributed by atoms with Crippen LogP contribution in [0.1, 0.15) is 36.8 Å². The summed E-state index contributed by atoms with van der Waals surface area (Å²) < 4.78 is 37.8. The highest BCUT2D eigenvalue weighted by molar-refractivity contribution is 5.79. The van der Waals surface area contributed by atoms with Crippen LogP contribution in [-0.4, -0.2) is 12.5 Å². The number of carbonyl (C=O) groups is 1. The van der Waals surface area contributed by atoms with Crippen molar-refractivity contribution in [2.24, 2.45) is 17.8 Å². The number of rotatable bonds is 2. The average molecular weight is 321 g/mol. The highest BCUT2D eigenvalue weighted by Crippen LogP contribution is 2.48. The van der Waals surface area contributed by atoms with Crippen molar-refractivity contribution in [2.75, 3.05) is 6.54 Å². The molecule has 122 valence electrons. The van der Waals surface area contributed by atoms with E-state index >= 15 is 0 Å². The number of hydrogen-bond donors (Lipinski definition) is 1. The van der Waals surface area contributed by atoms with Gasteiger partial charge in [-0.2, -0.15) is 13.2 Å². The lowest BCUT2D eigenvalue weighted by molar-refractivity contribution is -0.137. The van der Waals surface area contributed by atoms with Gasteiger partial charge >= 0.3 is 6.18 Å². The summed E-state index contributed by atoms with van der Waals surface area (Å²) in [6.45, 7) is 0.170. The Bertz CT molecular complexity index is 656. The first-order valence-corrected chi connectivity index (χ1v) is 7.87. The fourth-order valence-corrected chi connectivity index (χ4v) is 3.75. The second kappa shape index (κ2) is 6.27. The summed E-state index contributed by atoms with van der Waals surface area (Å²) in [5.74, 6) is 6.75. The predicted molar refractivity (Wildman–Crippen MR) is 80.3 cm³/mol. The SMILES string of the molecule is O=C(NCC#Cc1cccc(C(F)(F)F)c1)[C@H]1C[C@H]2CC[C@H]1C2. The van der Waals surface area contributed by atoms with Gasteiger partial charge in [-0.25, -0.2) is 0 Å². The predicted octanol–water partition coefficient (Wildman–Crippen LogP) is 3.61. The number of carbonyl (C=O) groups excluding carboxylic acids is 1. The normalized spacial score (nSPS) is 25.8. The third kappa shape index (κ3) is 3.69. The number of nitrogens with one attached hydrogen (secondary N) is 1. The van der Waals surface area contributed by atoms with E-state index in [1.54, 1.807) is 0 Å². The zero-order valence-electron chi connectivity index (χ0n) is 12.6. The largest absolute Gasteiger partial charge is 0.416 e. The Balaban J connectivity index is 1.53. The molecular weight excluding hydrogens is 303 g/mol. The van der Waals surface area contributed by atoms with Crippen LogP contribution in [0.3, 0.4) is 0 Å². The van der Waals surface area contributed by atoms with Gasteiger partial charge in [0.15, 0.2) is 0 Å². The molecule has 2 nitrogen and oxygen atoms in total. The molecular formula is C18H18F3NO. The molecule has 0 radical (unpaired) electrons. The number of alkyl halides is 3. The lowest BCUT2D eigenvalue weighted by atomic mass is 9.88. The molecule has 1 N–H and O–H groups in total. The molecule has 0 unspecified atom stereocenters. The molecule has 3 rings (SSSR count). The molecule has 0 heterocycles. The molecule has 5 heteroatoms. The summed E-state index contributed by atoms with van der Waals surface area (Å²) in [5, 5.41) is 2.79.